The molecule has 5 N–H and O–H groups in total. The van der Waals surface area contributed by atoms with E-state index in [1.54, 1.807) is 6.07 Å². The number of phenolic OH excluding ortho intramolecular Hbond substituents is 1. The number of aliphatic hydroxyl groups is 4. The highest BCUT2D eigenvalue weighted by Gasteiger charge is 2.49. The second-order valence-corrected chi connectivity index (χ2v) is 9.08. The van der Waals surface area contributed by atoms with Crippen LogP contribution in [0.25, 0.3) is 6.08 Å². The number of rotatable bonds is 11. The predicted octanol–water partition coefficient (Wildman–Crippen LogP) is 0.866. The third-order valence-electron chi connectivity index (χ3n) is 6.24. The smallest absolute Gasteiger partial charge is 0.334 e. The first-order valence-electron chi connectivity index (χ1n) is 12.4. The normalized spacial score (nSPS) is 23.2. The molecule has 1 heterocycles. The third kappa shape index (κ3) is 8.01. The lowest BCUT2D eigenvalue weighted by Crippen LogP contribution is -2.61. The molecule has 0 spiro atoms. The fraction of sp³-hybridized carbons (Fsp3) is 0.429. The fourth-order valence-electron chi connectivity index (χ4n) is 4.28. The Labute approximate surface area is 225 Å². The summed E-state index contributed by atoms with van der Waals surface area (Å²) in [6.45, 7) is 0.428. The average Bonchev–Trinajstić information content (AvgIpc) is 2.91. The lowest BCUT2D eigenvalue weighted by molar-refractivity contribution is -0.292. The molecule has 11 nitrogen and oxygen atoms in total. The zero-order valence-corrected chi connectivity index (χ0v) is 21.7. The number of hydrogen-bond donors (Lipinski definition) is 5. The Hall–Kier alpha value is -3.48. The molecule has 2 aromatic carbocycles. The molecule has 0 saturated carbocycles. The molecule has 5 atom stereocenters. The first kappa shape index (κ1) is 30.1. The third-order valence-corrected chi connectivity index (χ3v) is 6.24. The van der Waals surface area contributed by atoms with Gasteiger partial charge in [-0.2, -0.15) is 0 Å². The number of esters is 2. The van der Waals surface area contributed by atoms with Crippen LogP contribution < -0.4 is 4.74 Å². The van der Waals surface area contributed by atoms with Crippen molar-refractivity contribution in [1.82, 2.24) is 0 Å². The first-order valence-corrected chi connectivity index (χ1v) is 12.4. The number of methoxy groups -OCH3 is 1. The molecule has 1 saturated heterocycles. The number of aromatic hydroxyl groups is 1. The van der Waals surface area contributed by atoms with Crippen molar-refractivity contribution in [2.45, 2.75) is 56.9 Å². The van der Waals surface area contributed by atoms with E-state index in [9.17, 15) is 35.1 Å². The van der Waals surface area contributed by atoms with Gasteiger partial charge in [-0.05, 0) is 54.2 Å². The molecule has 0 aromatic heterocycles. The monoisotopic (exact) mass is 546 g/mol. The number of phenols is 1. The molecule has 0 unspecified atom stereocenters. The van der Waals surface area contributed by atoms with E-state index in [2.05, 4.69) is 0 Å². The summed E-state index contributed by atoms with van der Waals surface area (Å²) in [4.78, 5) is 25.1. The van der Waals surface area contributed by atoms with Crippen molar-refractivity contribution >= 4 is 18.0 Å². The minimum Gasteiger partial charge on any atom is -0.504 e. The summed E-state index contributed by atoms with van der Waals surface area (Å²) in [7, 11) is 1.39. The van der Waals surface area contributed by atoms with Gasteiger partial charge in [-0.1, -0.05) is 30.3 Å². The van der Waals surface area contributed by atoms with E-state index in [0.29, 0.717) is 18.4 Å². The van der Waals surface area contributed by atoms with E-state index in [-0.39, 0.29) is 30.1 Å². The Morgan fingerprint density at radius 2 is 1.72 bits per heavy atom. The number of hydrogen-bond acceptors (Lipinski definition) is 11. The van der Waals surface area contributed by atoms with E-state index in [1.165, 1.54) is 25.3 Å². The number of carbonyl (C=O) groups is 2. The summed E-state index contributed by atoms with van der Waals surface area (Å²) in [6, 6.07) is 12.1. The van der Waals surface area contributed by atoms with Crippen LogP contribution in [-0.4, -0.2) is 88.5 Å². The number of aryl methyl sites for hydroxylation is 1. The molecule has 0 amide bonds. The molecule has 11 heteroatoms. The number of ether oxygens (including phenoxy) is 4. The van der Waals surface area contributed by atoms with E-state index < -0.39 is 49.3 Å². The van der Waals surface area contributed by atoms with Gasteiger partial charge in [-0.25, -0.2) is 4.79 Å². The van der Waals surface area contributed by atoms with Crippen LogP contribution in [-0.2, 0) is 36.6 Å². The van der Waals surface area contributed by atoms with Crippen LogP contribution in [0.4, 0.5) is 0 Å². The van der Waals surface area contributed by atoms with Crippen LogP contribution in [0.5, 0.6) is 11.5 Å². The van der Waals surface area contributed by atoms with Crippen molar-refractivity contribution in [1.29, 1.82) is 0 Å². The molecule has 0 bridgehead atoms. The maximum Gasteiger partial charge on any atom is 0.334 e. The van der Waals surface area contributed by atoms with Crippen LogP contribution in [0.1, 0.15) is 30.0 Å². The zero-order chi connectivity index (χ0) is 28.5. The standard InChI is InChI=1S/C28H34O11/c1-16(31)37-25-24(33)23(15-30)38-28(35)26(25)39-27(34)20(13-19-7-9-21(32)22(14-19)36-2)8-6-17-4-3-5-18(12-17)10-11-29/h3-5,7,9,12-14,23-26,28-30,32-33,35H,6,8,10-11,15H2,1-2H3/b20-13+/t23-,24-,25+,26+,28+/m0/s1. The van der Waals surface area contributed by atoms with Gasteiger partial charge in [-0.15, -0.1) is 0 Å². The van der Waals surface area contributed by atoms with Gasteiger partial charge in [0.25, 0.3) is 0 Å². The van der Waals surface area contributed by atoms with Gasteiger partial charge in [0.15, 0.2) is 30.0 Å². The Kier molecular flexibility index (Phi) is 10.8. The van der Waals surface area contributed by atoms with Gasteiger partial charge < -0.3 is 44.5 Å². The molecular formula is C28H34O11. The Morgan fingerprint density at radius 1 is 1.00 bits per heavy atom. The molecule has 3 rings (SSSR count). The van der Waals surface area contributed by atoms with Crippen molar-refractivity contribution in [3.05, 3.63) is 64.7 Å². The van der Waals surface area contributed by atoms with Crippen LogP contribution in [0.15, 0.2) is 48.0 Å². The minimum absolute atomic E-state index is 0.00188. The summed E-state index contributed by atoms with van der Waals surface area (Å²) in [5.41, 5.74) is 2.53. The van der Waals surface area contributed by atoms with E-state index in [0.717, 1.165) is 18.1 Å². The fourth-order valence-corrected chi connectivity index (χ4v) is 4.28. The van der Waals surface area contributed by atoms with Crippen molar-refractivity contribution in [3.63, 3.8) is 0 Å². The van der Waals surface area contributed by atoms with E-state index >= 15 is 0 Å². The van der Waals surface area contributed by atoms with Crippen LogP contribution in [0.2, 0.25) is 0 Å². The van der Waals surface area contributed by atoms with Crippen molar-refractivity contribution in [2.75, 3.05) is 20.3 Å². The summed E-state index contributed by atoms with van der Waals surface area (Å²) in [5.74, 6) is -1.55. The second kappa shape index (κ2) is 14.1. The second-order valence-electron chi connectivity index (χ2n) is 9.08. The van der Waals surface area contributed by atoms with Crippen molar-refractivity contribution in [3.8, 4) is 11.5 Å². The molecule has 0 aliphatic carbocycles. The van der Waals surface area contributed by atoms with Gasteiger partial charge in [0, 0.05) is 19.1 Å². The molecule has 0 radical (unpaired) electrons. The lowest BCUT2D eigenvalue weighted by atomic mass is 9.98. The highest BCUT2D eigenvalue weighted by Crippen LogP contribution is 2.29. The predicted molar refractivity (Wildman–Crippen MR) is 138 cm³/mol. The van der Waals surface area contributed by atoms with Gasteiger partial charge in [0.1, 0.15) is 12.2 Å². The number of benzene rings is 2. The molecule has 1 aliphatic rings. The van der Waals surface area contributed by atoms with Gasteiger partial charge in [0.05, 0.1) is 13.7 Å². The Balaban J connectivity index is 1.90. The maximum atomic E-state index is 13.4. The van der Waals surface area contributed by atoms with E-state index in [4.69, 9.17) is 18.9 Å². The van der Waals surface area contributed by atoms with Gasteiger partial charge in [-0.3, -0.25) is 4.79 Å². The highest BCUT2D eigenvalue weighted by molar-refractivity contribution is 5.94. The minimum atomic E-state index is -1.79. The topological polar surface area (TPSA) is 172 Å². The Morgan fingerprint density at radius 3 is 2.36 bits per heavy atom. The Bertz CT molecular complexity index is 1160. The van der Waals surface area contributed by atoms with Gasteiger partial charge in [0.2, 0.25) is 0 Å². The number of carbonyl (C=O) groups excluding carboxylic acids is 2. The SMILES string of the molecule is COc1cc(/C=C(\CCc2cccc(CCO)c2)C(=O)O[C@@H]2[C@H](OC(C)=O)[C@@H](O)[C@H](CO)O[C@H]2O)ccc1O. The average molecular weight is 547 g/mol. The summed E-state index contributed by atoms with van der Waals surface area (Å²) >= 11 is 0. The van der Waals surface area contributed by atoms with Crippen LogP contribution in [0.3, 0.4) is 0 Å². The lowest BCUT2D eigenvalue weighted by Gasteiger charge is -2.41. The van der Waals surface area contributed by atoms with Crippen molar-refractivity contribution in [2.24, 2.45) is 0 Å². The molecule has 2 aromatic rings. The first-order chi connectivity index (χ1) is 18.7. The molecule has 1 fully saturated rings. The van der Waals surface area contributed by atoms with Gasteiger partial charge >= 0.3 is 11.9 Å². The summed E-state index contributed by atoms with van der Waals surface area (Å²) in [5, 5.41) is 49.6. The summed E-state index contributed by atoms with van der Waals surface area (Å²) < 4.78 is 21.0. The van der Waals surface area contributed by atoms with E-state index in [1.807, 2.05) is 24.3 Å². The summed E-state index contributed by atoms with van der Waals surface area (Å²) in [6.07, 6.45) is -5.05. The quantitative estimate of drug-likeness (QED) is 0.200. The maximum absolute atomic E-state index is 13.4. The van der Waals surface area contributed by atoms with Crippen LogP contribution in [0, 0.1) is 0 Å². The molecular weight excluding hydrogens is 512 g/mol. The largest absolute Gasteiger partial charge is 0.504 e. The molecule has 212 valence electrons. The van der Waals surface area contributed by atoms with Crippen LogP contribution >= 0.6 is 0 Å². The highest BCUT2D eigenvalue weighted by atomic mass is 16.7. The zero-order valence-electron chi connectivity index (χ0n) is 21.7. The molecule has 1 aliphatic heterocycles. The molecule has 39 heavy (non-hydrogen) atoms. The van der Waals surface area contributed by atoms with Crippen molar-refractivity contribution < 1.29 is 54.1 Å². The number of aliphatic hydroxyl groups excluding tert-OH is 4.